The lowest BCUT2D eigenvalue weighted by molar-refractivity contribution is -0.127. The summed E-state index contributed by atoms with van der Waals surface area (Å²) in [5, 5.41) is 2.88. The SMILES string of the molecule is COC1(CNC(=O)C(C)CN)CCC1. The molecule has 0 aliphatic heterocycles. The van der Waals surface area contributed by atoms with Gasteiger partial charge in [0.25, 0.3) is 0 Å². The number of hydrogen-bond donors (Lipinski definition) is 2. The van der Waals surface area contributed by atoms with Gasteiger partial charge in [0.15, 0.2) is 0 Å². The zero-order valence-corrected chi connectivity index (χ0v) is 9.01. The summed E-state index contributed by atoms with van der Waals surface area (Å²) in [6.45, 7) is 2.84. The van der Waals surface area contributed by atoms with Crippen LogP contribution < -0.4 is 11.1 Å². The summed E-state index contributed by atoms with van der Waals surface area (Å²) >= 11 is 0. The molecule has 0 aromatic heterocycles. The van der Waals surface area contributed by atoms with Crippen molar-refractivity contribution < 1.29 is 9.53 Å². The Bertz CT molecular complexity index is 197. The van der Waals surface area contributed by atoms with Gasteiger partial charge in [0.1, 0.15) is 0 Å². The Balaban J connectivity index is 2.28. The zero-order chi connectivity index (χ0) is 10.6. The van der Waals surface area contributed by atoms with Crippen molar-refractivity contribution in [3.05, 3.63) is 0 Å². The molecule has 82 valence electrons. The van der Waals surface area contributed by atoms with Gasteiger partial charge in [-0.05, 0) is 19.3 Å². The Kier molecular flexibility index (Phi) is 3.89. The molecular formula is C10H20N2O2. The second kappa shape index (κ2) is 4.75. The molecule has 0 saturated heterocycles. The fourth-order valence-electron chi connectivity index (χ4n) is 1.55. The van der Waals surface area contributed by atoms with Crippen LogP contribution in [0.25, 0.3) is 0 Å². The molecule has 1 unspecified atom stereocenters. The van der Waals surface area contributed by atoms with E-state index in [2.05, 4.69) is 5.32 Å². The second-order valence-corrected chi connectivity index (χ2v) is 4.10. The van der Waals surface area contributed by atoms with Crippen LogP contribution in [0, 0.1) is 5.92 Å². The topological polar surface area (TPSA) is 64.3 Å². The Morgan fingerprint density at radius 2 is 2.29 bits per heavy atom. The first-order valence-electron chi connectivity index (χ1n) is 5.16. The van der Waals surface area contributed by atoms with Crippen molar-refractivity contribution in [3.63, 3.8) is 0 Å². The van der Waals surface area contributed by atoms with Gasteiger partial charge < -0.3 is 15.8 Å². The third kappa shape index (κ3) is 2.45. The summed E-state index contributed by atoms with van der Waals surface area (Å²) in [6, 6.07) is 0. The molecule has 1 amide bonds. The first kappa shape index (κ1) is 11.5. The molecule has 1 aliphatic carbocycles. The van der Waals surface area contributed by atoms with Crippen molar-refractivity contribution in [2.24, 2.45) is 11.7 Å². The fourth-order valence-corrected chi connectivity index (χ4v) is 1.55. The number of methoxy groups -OCH3 is 1. The summed E-state index contributed by atoms with van der Waals surface area (Å²) < 4.78 is 5.39. The molecule has 4 heteroatoms. The van der Waals surface area contributed by atoms with E-state index in [-0.39, 0.29) is 17.4 Å². The molecule has 1 saturated carbocycles. The normalized spacial score (nSPS) is 21.1. The van der Waals surface area contributed by atoms with Gasteiger partial charge in [0, 0.05) is 26.1 Å². The molecule has 0 spiro atoms. The van der Waals surface area contributed by atoms with Gasteiger partial charge >= 0.3 is 0 Å². The smallest absolute Gasteiger partial charge is 0.224 e. The molecule has 0 radical (unpaired) electrons. The maximum atomic E-state index is 11.4. The molecule has 1 rings (SSSR count). The number of carbonyl (C=O) groups is 1. The molecule has 0 bridgehead atoms. The van der Waals surface area contributed by atoms with Crippen molar-refractivity contribution >= 4 is 5.91 Å². The number of nitrogens with one attached hydrogen (secondary N) is 1. The summed E-state index contributed by atoms with van der Waals surface area (Å²) in [6.07, 6.45) is 3.28. The van der Waals surface area contributed by atoms with Crippen molar-refractivity contribution in [1.29, 1.82) is 0 Å². The van der Waals surface area contributed by atoms with Crippen molar-refractivity contribution in [2.45, 2.75) is 31.8 Å². The van der Waals surface area contributed by atoms with E-state index in [1.807, 2.05) is 6.92 Å². The first-order valence-corrected chi connectivity index (χ1v) is 5.16. The Morgan fingerprint density at radius 3 is 2.64 bits per heavy atom. The van der Waals surface area contributed by atoms with Crippen LogP contribution >= 0.6 is 0 Å². The summed E-state index contributed by atoms with van der Waals surface area (Å²) in [4.78, 5) is 11.4. The van der Waals surface area contributed by atoms with Crippen LogP contribution in [0.3, 0.4) is 0 Å². The molecule has 1 aliphatic rings. The molecule has 4 nitrogen and oxygen atoms in total. The highest BCUT2D eigenvalue weighted by molar-refractivity contribution is 5.78. The standard InChI is InChI=1S/C10H20N2O2/c1-8(6-11)9(13)12-7-10(14-2)4-3-5-10/h8H,3-7,11H2,1-2H3,(H,12,13). The van der Waals surface area contributed by atoms with Gasteiger partial charge in [-0.1, -0.05) is 6.92 Å². The number of amides is 1. The Morgan fingerprint density at radius 1 is 1.64 bits per heavy atom. The molecule has 1 atom stereocenters. The van der Waals surface area contributed by atoms with Gasteiger partial charge in [-0.25, -0.2) is 0 Å². The van der Waals surface area contributed by atoms with Crippen LogP contribution in [0.15, 0.2) is 0 Å². The molecule has 3 N–H and O–H groups in total. The van der Waals surface area contributed by atoms with E-state index in [1.54, 1.807) is 7.11 Å². The molecule has 0 aromatic carbocycles. The minimum Gasteiger partial charge on any atom is -0.376 e. The largest absolute Gasteiger partial charge is 0.376 e. The number of rotatable bonds is 5. The highest BCUT2D eigenvalue weighted by Gasteiger charge is 2.37. The fraction of sp³-hybridized carbons (Fsp3) is 0.900. The molecular weight excluding hydrogens is 180 g/mol. The average molecular weight is 200 g/mol. The van der Waals surface area contributed by atoms with E-state index in [4.69, 9.17) is 10.5 Å². The maximum Gasteiger partial charge on any atom is 0.224 e. The summed E-state index contributed by atoms with van der Waals surface area (Å²) in [5.41, 5.74) is 5.31. The predicted molar refractivity (Wildman–Crippen MR) is 54.8 cm³/mol. The van der Waals surface area contributed by atoms with Crippen molar-refractivity contribution in [2.75, 3.05) is 20.2 Å². The van der Waals surface area contributed by atoms with Gasteiger partial charge in [-0.15, -0.1) is 0 Å². The van der Waals surface area contributed by atoms with Crippen LogP contribution in [0.1, 0.15) is 26.2 Å². The molecule has 1 fully saturated rings. The van der Waals surface area contributed by atoms with Gasteiger partial charge in [0.2, 0.25) is 5.91 Å². The quantitative estimate of drug-likeness (QED) is 0.669. The van der Waals surface area contributed by atoms with E-state index in [0.717, 1.165) is 12.8 Å². The first-order chi connectivity index (χ1) is 6.63. The zero-order valence-electron chi connectivity index (χ0n) is 9.01. The highest BCUT2D eigenvalue weighted by atomic mass is 16.5. The van der Waals surface area contributed by atoms with E-state index in [1.165, 1.54) is 6.42 Å². The molecule has 14 heavy (non-hydrogen) atoms. The third-order valence-electron chi connectivity index (χ3n) is 3.08. The van der Waals surface area contributed by atoms with E-state index < -0.39 is 0 Å². The number of hydrogen-bond acceptors (Lipinski definition) is 3. The molecule has 0 aromatic rings. The van der Waals surface area contributed by atoms with Crippen LogP contribution in [-0.2, 0) is 9.53 Å². The van der Waals surface area contributed by atoms with Gasteiger partial charge in [-0.2, -0.15) is 0 Å². The van der Waals surface area contributed by atoms with Crippen molar-refractivity contribution in [3.8, 4) is 0 Å². The monoisotopic (exact) mass is 200 g/mol. The van der Waals surface area contributed by atoms with E-state index >= 15 is 0 Å². The lowest BCUT2D eigenvalue weighted by Gasteiger charge is -2.40. The Labute approximate surface area is 85.2 Å². The van der Waals surface area contributed by atoms with Crippen LogP contribution in [-0.4, -0.2) is 31.7 Å². The van der Waals surface area contributed by atoms with Crippen LogP contribution in [0.5, 0.6) is 0 Å². The third-order valence-corrected chi connectivity index (χ3v) is 3.08. The Hall–Kier alpha value is -0.610. The summed E-state index contributed by atoms with van der Waals surface area (Å²) in [7, 11) is 1.71. The van der Waals surface area contributed by atoms with Crippen molar-refractivity contribution in [1.82, 2.24) is 5.32 Å². The number of carbonyl (C=O) groups excluding carboxylic acids is 1. The minimum absolute atomic E-state index is 0.0239. The lowest BCUT2D eigenvalue weighted by atomic mass is 9.80. The minimum atomic E-state index is -0.107. The van der Waals surface area contributed by atoms with E-state index in [0.29, 0.717) is 13.1 Å². The second-order valence-electron chi connectivity index (χ2n) is 4.10. The maximum absolute atomic E-state index is 11.4. The number of ether oxygens (including phenoxy) is 1. The summed E-state index contributed by atoms with van der Waals surface area (Å²) in [5.74, 6) is -0.0835. The number of nitrogens with two attached hydrogens (primary N) is 1. The van der Waals surface area contributed by atoms with Crippen LogP contribution in [0.4, 0.5) is 0 Å². The van der Waals surface area contributed by atoms with Gasteiger partial charge in [0.05, 0.1) is 5.60 Å². The average Bonchev–Trinajstić information content (AvgIpc) is 2.15. The van der Waals surface area contributed by atoms with Crippen LogP contribution in [0.2, 0.25) is 0 Å². The van der Waals surface area contributed by atoms with E-state index in [9.17, 15) is 4.79 Å². The highest BCUT2D eigenvalue weighted by Crippen LogP contribution is 2.34. The predicted octanol–water partition coefficient (Wildman–Crippen LogP) is 0.267. The lowest BCUT2D eigenvalue weighted by Crippen LogP contribution is -2.50. The van der Waals surface area contributed by atoms with Gasteiger partial charge in [-0.3, -0.25) is 4.79 Å². The molecule has 0 heterocycles.